The summed E-state index contributed by atoms with van der Waals surface area (Å²) < 4.78 is 5.24. The number of nitrogens with zero attached hydrogens (tertiary/aromatic N) is 2. The fourth-order valence-electron chi connectivity index (χ4n) is 1.47. The largest absolute Gasteiger partial charge is 0.398 e. The van der Waals surface area contributed by atoms with Crippen molar-refractivity contribution in [2.45, 2.75) is 31.3 Å². The second kappa shape index (κ2) is 6.30. The van der Waals surface area contributed by atoms with Crippen molar-refractivity contribution in [3.63, 3.8) is 0 Å². The van der Waals surface area contributed by atoms with Crippen molar-refractivity contribution in [1.29, 1.82) is 0 Å². The van der Waals surface area contributed by atoms with E-state index in [1.165, 1.54) is 0 Å². The summed E-state index contributed by atoms with van der Waals surface area (Å²) in [6.45, 7) is 4.34. The lowest BCUT2D eigenvalue weighted by molar-refractivity contribution is 0.425. The Morgan fingerprint density at radius 3 is 3.00 bits per heavy atom. The van der Waals surface area contributed by atoms with E-state index in [1.807, 2.05) is 0 Å². The molecule has 1 unspecified atom stereocenters. The Bertz CT molecular complexity index is 559. The highest BCUT2D eigenvalue weighted by Gasteiger charge is 2.13. The number of halogens is 1. The highest BCUT2D eigenvalue weighted by Crippen LogP contribution is 2.28. The van der Waals surface area contributed by atoms with Gasteiger partial charge >= 0.3 is 0 Å². The molecule has 0 saturated carbocycles. The Balaban J connectivity index is 2.14. The van der Waals surface area contributed by atoms with Crippen molar-refractivity contribution in [3.05, 3.63) is 29.0 Å². The van der Waals surface area contributed by atoms with Crippen LogP contribution in [0.5, 0.6) is 0 Å². The Morgan fingerprint density at radius 2 is 2.26 bits per heavy atom. The summed E-state index contributed by atoms with van der Waals surface area (Å²) in [4.78, 5) is 4.35. The smallest absolute Gasteiger partial charge is 0.260 e. The molecule has 2 rings (SSSR count). The molecule has 1 heterocycles. The number of benzene rings is 1. The number of thioether (sulfide) groups is 1. The number of nitrogen functional groups attached to an aromatic ring is 1. The molecule has 1 aromatic heterocycles. The Hall–Kier alpha value is -1.20. The molecule has 2 N–H and O–H groups in total. The van der Waals surface area contributed by atoms with Crippen molar-refractivity contribution in [2.75, 3.05) is 5.73 Å². The summed E-state index contributed by atoms with van der Waals surface area (Å²) >= 11 is 7.75. The van der Waals surface area contributed by atoms with Crippen molar-refractivity contribution in [1.82, 2.24) is 10.1 Å². The second-order valence-corrected chi connectivity index (χ2v) is 6.14. The second-order valence-electron chi connectivity index (χ2n) is 4.28. The van der Waals surface area contributed by atoms with Crippen molar-refractivity contribution in [2.24, 2.45) is 0 Å². The standard InChI is InChI=1S/C13H16ClN3OS/c1-3-8(2)19-7-12-16-13(18-17-12)10-6-9(14)4-5-11(10)15/h4-6,8H,3,7,15H2,1-2H3. The number of nitrogens with two attached hydrogens (primary N) is 1. The van der Waals surface area contributed by atoms with Crippen LogP contribution in [-0.4, -0.2) is 15.4 Å². The first-order valence-electron chi connectivity index (χ1n) is 6.09. The van der Waals surface area contributed by atoms with Gasteiger partial charge < -0.3 is 10.3 Å². The number of hydrogen-bond acceptors (Lipinski definition) is 5. The monoisotopic (exact) mass is 297 g/mol. The molecule has 0 aliphatic heterocycles. The van der Waals surface area contributed by atoms with E-state index < -0.39 is 0 Å². The van der Waals surface area contributed by atoms with Crippen LogP contribution in [-0.2, 0) is 5.75 Å². The third kappa shape index (κ3) is 3.64. The Morgan fingerprint density at radius 1 is 1.47 bits per heavy atom. The Kier molecular flexibility index (Phi) is 4.71. The highest BCUT2D eigenvalue weighted by molar-refractivity contribution is 7.99. The summed E-state index contributed by atoms with van der Waals surface area (Å²) in [6.07, 6.45) is 1.12. The molecular formula is C13H16ClN3OS. The van der Waals surface area contributed by atoms with Gasteiger partial charge in [-0.3, -0.25) is 0 Å². The number of aromatic nitrogens is 2. The molecule has 0 saturated heterocycles. The van der Waals surface area contributed by atoms with Crippen LogP contribution >= 0.6 is 23.4 Å². The van der Waals surface area contributed by atoms with Gasteiger partial charge in [-0.2, -0.15) is 16.7 Å². The number of anilines is 1. The maximum atomic E-state index is 5.95. The van der Waals surface area contributed by atoms with Gasteiger partial charge in [-0.15, -0.1) is 0 Å². The van der Waals surface area contributed by atoms with Crippen LogP contribution in [0.2, 0.25) is 5.02 Å². The normalized spacial score (nSPS) is 12.6. The van der Waals surface area contributed by atoms with E-state index in [1.54, 1.807) is 30.0 Å². The van der Waals surface area contributed by atoms with Gasteiger partial charge in [-0.1, -0.05) is 30.6 Å². The van der Waals surface area contributed by atoms with E-state index in [-0.39, 0.29) is 0 Å². The predicted octanol–water partition coefficient (Wildman–Crippen LogP) is 4.00. The molecule has 4 nitrogen and oxygen atoms in total. The Labute approximate surface area is 121 Å². The molecule has 1 atom stereocenters. The van der Waals surface area contributed by atoms with Crippen LogP contribution < -0.4 is 5.73 Å². The summed E-state index contributed by atoms with van der Waals surface area (Å²) in [5, 5.41) is 5.14. The zero-order valence-electron chi connectivity index (χ0n) is 10.9. The van der Waals surface area contributed by atoms with E-state index in [0.29, 0.717) is 33.2 Å². The van der Waals surface area contributed by atoms with Gasteiger partial charge in [0, 0.05) is 16.0 Å². The van der Waals surface area contributed by atoms with Gasteiger partial charge in [0.1, 0.15) is 0 Å². The average Bonchev–Trinajstić information content (AvgIpc) is 2.87. The van der Waals surface area contributed by atoms with Crippen molar-refractivity contribution < 1.29 is 4.52 Å². The topological polar surface area (TPSA) is 64.9 Å². The fraction of sp³-hybridized carbons (Fsp3) is 0.385. The van der Waals surface area contributed by atoms with Gasteiger partial charge in [0.2, 0.25) is 0 Å². The van der Waals surface area contributed by atoms with Crippen LogP contribution in [0.1, 0.15) is 26.1 Å². The van der Waals surface area contributed by atoms with Gasteiger partial charge in [0.25, 0.3) is 5.89 Å². The molecule has 19 heavy (non-hydrogen) atoms. The number of hydrogen-bond donors (Lipinski definition) is 1. The maximum absolute atomic E-state index is 5.95. The molecule has 0 amide bonds. The zero-order chi connectivity index (χ0) is 13.8. The highest BCUT2D eigenvalue weighted by atomic mass is 35.5. The molecular weight excluding hydrogens is 282 g/mol. The lowest BCUT2D eigenvalue weighted by Crippen LogP contribution is -1.95. The van der Waals surface area contributed by atoms with E-state index in [4.69, 9.17) is 21.9 Å². The first-order chi connectivity index (χ1) is 9.10. The molecule has 0 aliphatic rings. The van der Waals surface area contributed by atoms with Crippen molar-refractivity contribution in [3.8, 4) is 11.5 Å². The van der Waals surface area contributed by atoms with Crippen LogP contribution in [0.25, 0.3) is 11.5 Å². The van der Waals surface area contributed by atoms with E-state index in [2.05, 4.69) is 24.0 Å². The van der Waals surface area contributed by atoms with Crippen LogP contribution in [0.4, 0.5) is 5.69 Å². The maximum Gasteiger partial charge on any atom is 0.260 e. The third-order valence-electron chi connectivity index (χ3n) is 2.79. The summed E-state index contributed by atoms with van der Waals surface area (Å²) in [5.41, 5.74) is 7.14. The molecule has 0 spiro atoms. The molecule has 0 fully saturated rings. The molecule has 0 bridgehead atoms. The quantitative estimate of drug-likeness (QED) is 0.845. The van der Waals surface area contributed by atoms with Gasteiger partial charge in [0.05, 0.1) is 11.3 Å². The molecule has 0 radical (unpaired) electrons. The van der Waals surface area contributed by atoms with Crippen LogP contribution in [0.3, 0.4) is 0 Å². The average molecular weight is 298 g/mol. The van der Waals surface area contributed by atoms with E-state index in [9.17, 15) is 0 Å². The molecule has 0 aliphatic carbocycles. The first kappa shape index (κ1) is 14.2. The summed E-state index contributed by atoms with van der Waals surface area (Å²) in [7, 11) is 0. The summed E-state index contributed by atoms with van der Waals surface area (Å²) in [6, 6.07) is 5.20. The minimum Gasteiger partial charge on any atom is -0.398 e. The first-order valence-corrected chi connectivity index (χ1v) is 7.52. The van der Waals surface area contributed by atoms with Gasteiger partial charge in [0.15, 0.2) is 5.82 Å². The zero-order valence-corrected chi connectivity index (χ0v) is 12.5. The molecule has 6 heteroatoms. The lowest BCUT2D eigenvalue weighted by atomic mass is 10.2. The molecule has 102 valence electrons. The van der Waals surface area contributed by atoms with Crippen LogP contribution in [0.15, 0.2) is 22.7 Å². The summed E-state index contributed by atoms with van der Waals surface area (Å²) in [5.74, 6) is 1.83. The SMILES string of the molecule is CCC(C)SCc1noc(-c2cc(Cl)ccc2N)n1. The minimum atomic E-state index is 0.416. The molecule has 1 aromatic carbocycles. The lowest BCUT2D eigenvalue weighted by Gasteiger charge is -2.04. The third-order valence-corrected chi connectivity index (χ3v) is 4.35. The van der Waals surface area contributed by atoms with E-state index in [0.717, 1.165) is 12.2 Å². The molecule has 2 aromatic rings. The van der Waals surface area contributed by atoms with E-state index >= 15 is 0 Å². The number of rotatable bonds is 5. The van der Waals surface area contributed by atoms with Gasteiger partial charge in [-0.25, -0.2) is 0 Å². The predicted molar refractivity (Wildman–Crippen MR) is 80.2 cm³/mol. The minimum absolute atomic E-state index is 0.416. The van der Waals surface area contributed by atoms with Crippen LogP contribution in [0, 0.1) is 0 Å². The van der Waals surface area contributed by atoms with Crippen molar-refractivity contribution >= 4 is 29.1 Å². The fourth-order valence-corrected chi connectivity index (χ4v) is 2.43. The van der Waals surface area contributed by atoms with Gasteiger partial charge in [-0.05, 0) is 24.6 Å².